The molecule has 43 heavy (non-hydrogen) atoms. The van der Waals surface area contributed by atoms with Gasteiger partial charge in [-0.1, -0.05) is 121 Å². The Labute approximate surface area is 252 Å². The van der Waals surface area contributed by atoms with E-state index in [-0.39, 0.29) is 0 Å². The summed E-state index contributed by atoms with van der Waals surface area (Å²) in [5.74, 6) is 0. The fourth-order valence-corrected chi connectivity index (χ4v) is 7.71. The second-order valence-corrected chi connectivity index (χ2v) is 12.0. The Morgan fingerprint density at radius 2 is 1.14 bits per heavy atom. The molecular formula is C40H25NOS. The van der Waals surface area contributed by atoms with Crippen molar-refractivity contribution in [3.8, 4) is 11.1 Å². The molecule has 7 aromatic carbocycles. The highest BCUT2D eigenvalue weighted by Crippen LogP contribution is 2.51. The third-order valence-electron chi connectivity index (χ3n) is 8.45. The molecule has 0 aliphatic carbocycles. The van der Waals surface area contributed by atoms with E-state index in [2.05, 4.69) is 157 Å². The van der Waals surface area contributed by atoms with Gasteiger partial charge in [0.15, 0.2) is 0 Å². The second-order valence-electron chi connectivity index (χ2n) is 10.9. The molecule has 0 saturated carbocycles. The highest BCUT2D eigenvalue weighted by molar-refractivity contribution is 7.26. The van der Waals surface area contributed by atoms with Crippen LogP contribution in [0.25, 0.3) is 64.0 Å². The van der Waals surface area contributed by atoms with Crippen molar-refractivity contribution in [2.24, 2.45) is 0 Å². The molecule has 0 radical (unpaired) electrons. The molecule has 2 heterocycles. The van der Waals surface area contributed by atoms with Crippen molar-refractivity contribution in [1.82, 2.24) is 0 Å². The number of nitrogens with zero attached hydrogens (tertiary/aromatic N) is 1. The first-order chi connectivity index (χ1) is 21.3. The van der Waals surface area contributed by atoms with Crippen LogP contribution in [0.3, 0.4) is 0 Å². The molecule has 0 bridgehead atoms. The third-order valence-corrected chi connectivity index (χ3v) is 9.57. The van der Waals surface area contributed by atoms with Gasteiger partial charge < -0.3 is 9.32 Å². The van der Waals surface area contributed by atoms with Gasteiger partial charge in [0.2, 0.25) is 0 Å². The number of hydrogen-bond acceptors (Lipinski definition) is 3. The lowest BCUT2D eigenvalue weighted by atomic mass is 9.99. The standard InChI is InChI=1S/C40H25NOS/c1-2-13-26(14-3-1)28-18-6-9-21-32(28)41(33-22-12-16-27-15-4-5-17-29(27)33)34-25-37-39(31-20-8-11-24-36(31)43-37)40-38(34)30-19-7-10-23-35(30)42-40/h1-25H. The van der Waals surface area contributed by atoms with Gasteiger partial charge >= 0.3 is 0 Å². The molecule has 2 aromatic heterocycles. The second kappa shape index (κ2) is 9.59. The molecule has 9 rings (SSSR count). The summed E-state index contributed by atoms with van der Waals surface area (Å²) >= 11 is 1.83. The van der Waals surface area contributed by atoms with Crippen molar-refractivity contribution in [2.45, 2.75) is 0 Å². The van der Waals surface area contributed by atoms with E-state index in [1.807, 2.05) is 11.3 Å². The zero-order chi connectivity index (χ0) is 28.3. The average Bonchev–Trinajstić information content (AvgIpc) is 3.64. The number of hydrogen-bond donors (Lipinski definition) is 0. The van der Waals surface area contributed by atoms with Gasteiger partial charge in [-0.25, -0.2) is 0 Å². The number of para-hydroxylation sites is 2. The lowest BCUT2D eigenvalue weighted by Gasteiger charge is -2.29. The highest BCUT2D eigenvalue weighted by atomic mass is 32.1. The molecule has 2 nitrogen and oxygen atoms in total. The van der Waals surface area contributed by atoms with E-state index in [1.165, 1.54) is 42.1 Å². The lowest BCUT2D eigenvalue weighted by molar-refractivity contribution is 0.673. The molecule has 0 fully saturated rings. The van der Waals surface area contributed by atoms with Crippen LogP contribution in [0.2, 0.25) is 0 Å². The SMILES string of the molecule is c1ccc(-c2ccccc2N(c2cccc3ccccc23)c2cc3sc4ccccc4c3c3oc4ccccc4c23)cc1. The van der Waals surface area contributed by atoms with Crippen LogP contribution in [0.1, 0.15) is 0 Å². The van der Waals surface area contributed by atoms with Crippen LogP contribution in [0, 0.1) is 0 Å². The topological polar surface area (TPSA) is 16.4 Å². The van der Waals surface area contributed by atoms with Gasteiger partial charge in [0, 0.05) is 36.5 Å². The molecule has 0 amide bonds. The number of rotatable bonds is 4. The predicted octanol–water partition coefficient (Wildman–Crippen LogP) is 12.2. The molecule has 0 atom stereocenters. The smallest absolute Gasteiger partial charge is 0.146 e. The van der Waals surface area contributed by atoms with Crippen LogP contribution < -0.4 is 4.90 Å². The summed E-state index contributed by atoms with van der Waals surface area (Å²) in [6.07, 6.45) is 0. The van der Waals surface area contributed by atoms with Crippen LogP contribution in [0.4, 0.5) is 17.1 Å². The summed E-state index contributed by atoms with van der Waals surface area (Å²) in [7, 11) is 0. The van der Waals surface area contributed by atoms with Crippen molar-refractivity contribution >= 4 is 81.3 Å². The molecule has 202 valence electrons. The Morgan fingerprint density at radius 1 is 0.465 bits per heavy atom. The van der Waals surface area contributed by atoms with E-state index < -0.39 is 0 Å². The van der Waals surface area contributed by atoms with Crippen molar-refractivity contribution in [3.63, 3.8) is 0 Å². The van der Waals surface area contributed by atoms with Crippen LogP contribution in [0.15, 0.2) is 156 Å². The lowest BCUT2D eigenvalue weighted by Crippen LogP contribution is -2.12. The van der Waals surface area contributed by atoms with Gasteiger partial charge in [-0.05, 0) is 41.3 Å². The monoisotopic (exact) mass is 567 g/mol. The third kappa shape index (κ3) is 3.72. The van der Waals surface area contributed by atoms with E-state index in [0.717, 1.165) is 39.0 Å². The van der Waals surface area contributed by atoms with Gasteiger partial charge in [0.1, 0.15) is 11.2 Å². The zero-order valence-corrected chi connectivity index (χ0v) is 24.0. The number of anilines is 3. The minimum atomic E-state index is 0.899. The van der Waals surface area contributed by atoms with Crippen molar-refractivity contribution in [3.05, 3.63) is 152 Å². The average molecular weight is 568 g/mol. The highest BCUT2D eigenvalue weighted by Gasteiger charge is 2.26. The first-order valence-corrected chi connectivity index (χ1v) is 15.3. The predicted molar refractivity (Wildman–Crippen MR) is 184 cm³/mol. The van der Waals surface area contributed by atoms with Crippen molar-refractivity contribution in [1.29, 1.82) is 0 Å². The number of furan rings is 1. The summed E-state index contributed by atoms with van der Waals surface area (Å²) in [5.41, 5.74) is 7.56. The summed E-state index contributed by atoms with van der Waals surface area (Å²) in [4.78, 5) is 2.46. The summed E-state index contributed by atoms with van der Waals surface area (Å²) < 4.78 is 9.25. The Bertz CT molecular complexity index is 2460. The molecule has 0 unspecified atom stereocenters. The Kier molecular flexibility index (Phi) is 5.40. The number of fused-ring (bicyclic) bond motifs is 8. The summed E-state index contributed by atoms with van der Waals surface area (Å²) in [5, 5.41) is 7.07. The van der Waals surface area contributed by atoms with Gasteiger partial charge in [-0.15, -0.1) is 11.3 Å². The molecule has 0 spiro atoms. The molecule has 3 heteroatoms. The van der Waals surface area contributed by atoms with Crippen LogP contribution in [-0.2, 0) is 0 Å². The van der Waals surface area contributed by atoms with Crippen molar-refractivity contribution < 1.29 is 4.42 Å². The molecule has 9 aromatic rings. The maximum absolute atomic E-state index is 6.78. The van der Waals surface area contributed by atoms with Crippen LogP contribution >= 0.6 is 11.3 Å². The zero-order valence-electron chi connectivity index (χ0n) is 23.2. The summed E-state index contributed by atoms with van der Waals surface area (Å²) in [6.45, 7) is 0. The molecule has 0 aliphatic heterocycles. The first-order valence-electron chi connectivity index (χ1n) is 14.5. The fourth-order valence-electron chi connectivity index (χ4n) is 6.57. The van der Waals surface area contributed by atoms with Crippen LogP contribution in [0.5, 0.6) is 0 Å². The van der Waals surface area contributed by atoms with E-state index in [0.29, 0.717) is 0 Å². The van der Waals surface area contributed by atoms with Crippen LogP contribution in [-0.4, -0.2) is 0 Å². The van der Waals surface area contributed by atoms with E-state index in [9.17, 15) is 0 Å². The first kappa shape index (κ1) is 24.2. The van der Waals surface area contributed by atoms with Gasteiger partial charge in [0.25, 0.3) is 0 Å². The number of thiophene rings is 1. The van der Waals surface area contributed by atoms with E-state index in [4.69, 9.17) is 4.42 Å². The molecule has 0 aliphatic rings. The molecule has 0 N–H and O–H groups in total. The maximum Gasteiger partial charge on any atom is 0.146 e. The molecular weight excluding hydrogens is 543 g/mol. The number of benzene rings is 7. The summed E-state index contributed by atoms with van der Waals surface area (Å²) in [6, 6.07) is 54.2. The fraction of sp³-hybridized carbons (Fsp3) is 0. The van der Waals surface area contributed by atoms with Crippen molar-refractivity contribution in [2.75, 3.05) is 4.90 Å². The minimum Gasteiger partial charge on any atom is -0.455 e. The Morgan fingerprint density at radius 3 is 2.05 bits per heavy atom. The normalized spacial score (nSPS) is 11.7. The van der Waals surface area contributed by atoms with Gasteiger partial charge in [-0.3, -0.25) is 0 Å². The van der Waals surface area contributed by atoms with E-state index in [1.54, 1.807) is 0 Å². The Hall–Kier alpha value is -5.38. The quantitative estimate of drug-likeness (QED) is 0.210. The van der Waals surface area contributed by atoms with Gasteiger partial charge in [0.05, 0.1) is 22.4 Å². The van der Waals surface area contributed by atoms with E-state index >= 15 is 0 Å². The largest absolute Gasteiger partial charge is 0.455 e. The van der Waals surface area contributed by atoms with Gasteiger partial charge in [-0.2, -0.15) is 0 Å². The maximum atomic E-state index is 6.78. The Balaban J connectivity index is 1.48. The molecule has 0 saturated heterocycles. The minimum absolute atomic E-state index is 0.899.